The van der Waals surface area contributed by atoms with Gasteiger partial charge in [-0.3, -0.25) is 9.78 Å². The lowest BCUT2D eigenvalue weighted by Gasteiger charge is -2.43. The highest BCUT2D eigenvalue weighted by Gasteiger charge is 2.31. The van der Waals surface area contributed by atoms with E-state index in [-0.39, 0.29) is 17.9 Å². The Labute approximate surface area is 190 Å². The zero-order valence-corrected chi connectivity index (χ0v) is 19.0. The smallest absolute Gasteiger partial charge is 0.227 e. The van der Waals surface area contributed by atoms with Crippen LogP contribution < -0.4 is 10.2 Å². The van der Waals surface area contributed by atoms with Crippen molar-refractivity contribution < 1.29 is 4.79 Å². The van der Waals surface area contributed by atoms with Crippen LogP contribution in [0.2, 0.25) is 0 Å². The fourth-order valence-corrected chi connectivity index (χ4v) is 4.92. The van der Waals surface area contributed by atoms with Gasteiger partial charge in [0.15, 0.2) is 0 Å². The first-order valence-corrected chi connectivity index (χ1v) is 11.8. The van der Waals surface area contributed by atoms with Gasteiger partial charge in [-0.2, -0.15) is 0 Å². The first-order chi connectivity index (χ1) is 15.6. The molecule has 3 heterocycles. The average molecular weight is 432 g/mol. The van der Waals surface area contributed by atoms with Gasteiger partial charge in [0.05, 0.1) is 6.04 Å². The van der Waals surface area contributed by atoms with Crippen molar-refractivity contribution in [1.82, 2.24) is 14.8 Å². The van der Waals surface area contributed by atoms with Crippen LogP contribution in [0.4, 0.5) is 11.4 Å². The molecule has 1 N–H and O–H groups in total. The molecule has 2 aromatic rings. The van der Waals surface area contributed by atoms with Crippen molar-refractivity contribution in [2.24, 2.45) is 5.92 Å². The third kappa shape index (κ3) is 4.37. The quantitative estimate of drug-likeness (QED) is 0.750. The van der Waals surface area contributed by atoms with Crippen molar-refractivity contribution in [3.05, 3.63) is 60.4 Å². The Morgan fingerprint density at radius 3 is 2.66 bits per heavy atom. The van der Waals surface area contributed by atoms with E-state index in [1.54, 1.807) is 0 Å². The summed E-state index contributed by atoms with van der Waals surface area (Å²) in [6.07, 6.45) is 8.24. The van der Waals surface area contributed by atoms with Crippen molar-refractivity contribution in [3.8, 4) is 0 Å². The second-order valence-corrected chi connectivity index (χ2v) is 9.39. The highest BCUT2D eigenvalue weighted by molar-refractivity contribution is 5.95. The van der Waals surface area contributed by atoms with Crippen LogP contribution in [0.1, 0.15) is 42.9 Å². The van der Waals surface area contributed by atoms with E-state index in [0.29, 0.717) is 0 Å². The molecular weight excluding hydrogens is 398 g/mol. The Balaban J connectivity index is 1.46. The number of carbonyl (C=O) groups is 1. The van der Waals surface area contributed by atoms with Crippen LogP contribution in [0, 0.1) is 5.92 Å². The largest absolute Gasteiger partial charge is 0.371 e. The van der Waals surface area contributed by atoms with Gasteiger partial charge in [-0.25, -0.2) is 0 Å². The number of nitrogens with one attached hydrogen (secondary N) is 1. The minimum atomic E-state index is 0.152. The van der Waals surface area contributed by atoms with Crippen molar-refractivity contribution in [3.63, 3.8) is 0 Å². The molecule has 1 amide bonds. The van der Waals surface area contributed by atoms with E-state index >= 15 is 0 Å². The fraction of sp³-hybridized carbons (Fsp3) is 0.462. The van der Waals surface area contributed by atoms with Gasteiger partial charge in [0.2, 0.25) is 5.91 Å². The molecule has 1 aromatic heterocycles. The number of likely N-dealkylation sites (N-methyl/N-ethyl adjacent to an activating group) is 1. The third-order valence-electron chi connectivity index (χ3n) is 6.97. The molecule has 6 heteroatoms. The number of hydrogen-bond donors (Lipinski definition) is 1. The summed E-state index contributed by atoms with van der Waals surface area (Å²) in [5.41, 5.74) is 5.51. The number of amides is 1. The Bertz CT molecular complexity index is 981. The number of piperazine rings is 1. The van der Waals surface area contributed by atoms with Crippen LogP contribution in [0.5, 0.6) is 0 Å². The van der Waals surface area contributed by atoms with E-state index in [9.17, 15) is 4.79 Å². The number of rotatable bonds is 6. The molecule has 1 saturated carbocycles. The van der Waals surface area contributed by atoms with Crippen LogP contribution in [-0.2, 0) is 4.79 Å². The Hall–Kier alpha value is -2.86. The van der Waals surface area contributed by atoms with Crippen molar-refractivity contribution >= 4 is 23.0 Å². The van der Waals surface area contributed by atoms with E-state index in [1.165, 1.54) is 24.1 Å². The van der Waals surface area contributed by atoms with Gasteiger partial charge in [0.1, 0.15) is 0 Å². The maximum absolute atomic E-state index is 12.3. The van der Waals surface area contributed by atoms with Crippen molar-refractivity contribution in [1.29, 1.82) is 0 Å². The first-order valence-electron chi connectivity index (χ1n) is 11.8. The predicted octanol–water partition coefficient (Wildman–Crippen LogP) is 3.99. The lowest BCUT2D eigenvalue weighted by Crippen LogP contribution is -2.45. The van der Waals surface area contributed by atoms with Crippen LogP contribution in [0.15, 0.2) is 49.3 Å². The monoisotopic (exact) mass is 431 g/mol. The number of carbonyl (C=O) groups excluding carboxylic acids is 1. The van der Waals surface area contributed by atoms with Gasteiger partial charge in [0.25, 0.3) is 0 Å². The lowest BCUT2D eigenvalue weighted by molar-refractivity contribution is -0.117. The minimum absolute atomic E-state index is 0.152. The molecule has 1 aliphatic carbocycles. The fourth-order valence-electron chi connectivity index (χ4n) is 4.92. The number of pyridine rings is 1. The summed E-state index contributed by atoms with van der Waals surface area (Å²) in [5.74, 6) is 0.352. The summed E-state index contributed by atoms with van der Waals surface area (Å²) in [5, 5.41) is 3.13. The van der Waals surface area contributed by atoms with Gasteiger partial charge in [-0.15, -0.1) is 0 Å². The Morgan fingerprint density at radius 2 is 1.94 bits per heavy atom. The molecule has 1 atom stereocenters. The van der Waals surface area contributed by atoms with Gasteiger partial charge in [-0.1, -0.05) is 12.6 Å². The molecule has 1 aromatic carbocycles. The SMILES string of the molecule is C=C(c1ccc(NC(=O)C2CC2)cc1N1CCCC1)N1CCN(C)CC1c1cccnc1. The van der Waals surface area contributed by atoms with Crippen LogP contribution in [0.25, 0.3) is 5.70 Å². The number of anilines is 2. The summed E-state index contributed by atoms with van der Waals surface area (Å²) in [6.45, 7) is 9.56. The third-order valence-corrected chi connectivity index (χ3v) is 6.97. The molecule has 3 fully saturated rings. The van der Waals surface area contributed by atoms with Crippen molar-refractivity contribution in [2.45, 2.75) is 31.7 Å². The molecule has 6 nitrogen and oxygen atoms in total. The normalized spacial score (nSPS) is 21.6. The molecule has 2 aliphatic heterocycles. The van der Waals surface area contributed by atoms with Gasteiger partial charge >= 0.3 is 0 Å². The number of benzene rings is 1. The van der Waals surface area contributed by atoms with Gasteiger partial charge < -0.3 is 20.0 Å². The minimum Gasteiger partial charge on any atom is -0.371 e. The van der Waals surface area contributed by atoms with Crippen LogP contribution >= 0.6 is 0 Å². The second kappa shape index (κ2) is 8.94. The van der Waals surface area contributed by atoms with E-state index in [1.807, 2.05) is 24.5 Å². The lowest BCUT2D eigenvalue weighted by atomic mass is 10.00. The Kier molecular flexibility index (Phi) is 5.87. The van der Waals surface area contributed by atoms with E-state index in [2.05, 4.69) is 56.8 Å². The molecule has 0 radical (unpaired) electrons. The molecule has 5 rings (SSSR count). The molecule has 168 valence electrons. The molecule has 3 aliphatic rings. The van der Waals surface area contributed by atoms with Crippen LogP contribution in [-0.4, -0.2) is 60.5 Å². The maximum Gasteiger partial charge on any atom is 0.227 e. The van der Waals surface area contributed by atoms with E-state index in [4.69, 9.17) is 0 Å². The van der Waals surface area contributed by atoms with E-state index < -0.39 is 0 Å². The first kappa shape index (κ1) is 21.0. The molecule has 0 spiro atoms. The number of nitrogens with zero attached hydrogens (tertiary/aromatic N) is 4. The molecule has 2 saturated heterocycles. The second-order valence-electron chi connectivity index (χ2n) is 9.39. The standard InChI is InChI=1S/C26H33N5O/c1-19(31-15-14-29(2)18-25(31)21-6-5-11-27-17-21)23-10-9-22(28-26(32)20-7-8-20)16-24(23)30-12-3-4-13-30/h5-6,9-11,16-17,20,25H,1,3-4,7-8,12-15,18H2,2H3,(H,28,32). The molecule has 0 bridgehead atoms. The highest BCUT2D eigenvalue weighted by Crippen LogP contribution is 2.38. The Morgan fingerprint density at radius 1 is 1.12 bits per heavy atom. The van der Waals surface area contributed by atoms with E-state index in [0.717, 1.165) is 62.5 Å². The highest BCUT2D eigenvalue weighted by atomic mass is 16.2. The number of aromatic nitrogens is 1. The maximum atomic E-state index is 12.3. The summed E-state index contributed by atoms with van der Waals surface area (Å²) < 4.78 is 0. The molecule has 1 unspecified atom stereocenters. The zero-order valence-electron chi connectivity index (χ0n) is 19.0. The zero-order chi connectivity index (χ0) is 22.1. The summed E-state index contributed by atoms with van der Waals surface area (Å²) in [6, 6.07) is 10.7. The predicted molar refractivity (Wildman–Crippen MR) is 129 cm³/mol. The molecular formula is C26H33N5O. The van der Waals surface area contributed by atoms with Crippen molar-refractivity contribution in [2.75, 3.05) is 50.0 Å². The van der Waals surface area contributed by atoms with Crippen LogP contribution in [0.3, 0.4) is 0 Å². The average Bonchev–Trinajstić information content (AvgIpc) is 3.53. The molecule has 32 heavy (non-hydrogen) atoms. The van der Waals surface area contributed by atoms with Gasteiger partial charge in [0, 0.05) is 73.7 Å². The summed E-state index contributed by atoms with van der Waals surface area (Å²) in [4.78, 5) is 24.0. The van der Waals surface area contributed by atoms with Gasteiger partial charge in [-0.05, 0) is 62.6 Å². The summed E-state index contributed by atoms with van der Waals surface area (Å²) >= 11 is 0. The summed E-state index contributed by atoms with van der Waals surface area (Å²) in [7, 11) is 2.18. The topological polar surface area (TPSA) is 51.7 Å². The number of hydrogen-bond acceptors (Lipinski definition) is 5.